The van der Waals surface area contributed by atoms with Crippen molar-refractivity contribution < 1.29 is 40.3 Å². The number of nitrogens with one attached hydrogen (secondary N) is 1. The minimum atomic E-state index is -4.99. The summed E-state index contributed by atoms with van der Waals surface area (Å²) in [5, 5.41) is 5.81. The summed E-state index contributed by atoms with van der Waals surface area (Å²) in [6.45, 7) is -1.69. The van der Waals surface area contributed by atoms with Crippen LogP contribution in [0.3, 0.4) is 0 Å². The van der Waals surface area contributed by atoms with Crippen molar-refractivity contribution in [3.63, 3.8) is 0 Å². The molecule has 5 nitrogen and oxygen atoms in total. The van der Waals surface area contributed by atoms with Crippen LogP contribution in [0.25, 0.3) is 0 Å². The minimum Gasteiger partial charge on any atom is -0.478 e. The van der Waals surface area contributed by atoms with Gasteiger partial charge in [0.05, 0.1) is 10.7 Å². The molecule has 13 heteroatoms. The highest BCUT2D eigenvalue weighted by atomic mass is 35.5. The quantitative estimate of drug-likeness (QED) is 0.576. The van der Waals surface area contributed by atoms with Crippen molar-refractivity contribution in [2.75, 3.05) is 6.61 Å². The first kappa shape index (κ1) is 21.8. The molecule has 28 heavy (non-hydrogen) atoms. The number of carbonyl (C=O) groups excluding carboxylic acids is 1. The number of aromatic nitrogens is 2. The second-order valence-electron chi connectivity index (χ2n) is 5.52. The van der Waals surface area contributed by atoms with E-state index >= 15 is 0 Å². The predicted octanol–water partition coefficient (Wildman–Crippen LogP) is 3.81. The van der Waals surface area contributed by atoms with Gasteiger partial charge in [0.2, 0.25) is 11.6 Å². The van der Waals surface area contributed by atoms with E-state index in [-0.39, 0.29) is 16.4 Å². The summed E-state index contributed by atoms with van der Waals surface area (Å²) in [4.78, 5) is 12.1. The van der Waals surface area contributed by atoms with Gasteiger partial charge in [0.1, 0.15) is 5.69 Å². The lowest BCUT2D eigenvalue weighted by Crippen LogP contribution is -2.27. The molecule has 0 saturated heterocycles. The van der Waals surface area contributed by atoms with Crippen LogP contribution < -0.4 is 10.1 Å². The Labute approximate surface area is 158 Å². The van der Waals surface area contributed by atoms with E-state index in [0.717, 1.165) is 4.68 Å². The van der Waals surface area contributed by atoms with E-state index in [4.69, 9.17) is 11.6 Å². The number of benzene rings is 1. The smallest absolute Gasteiger partial charge is 0.422 e. The highest BCUT2D eigenvalue weighted by molar-refractivity contribution is 6.34. The van der Waals surface area contributed by atoms with Gasteiger partial charge in [-0.05, 0) is 6.92 Å². The molecule has 2 aromatic rings. The number of aryl methyl sites for hydroxylation is 2. The van der Waals surface area contributed by atoms with Gasteiger partial charge in [-0.15, -0.1) is 0 Å². The fourth-order valence-corrected chi connectivity index (χ4v) is 2.47. The maximum atomic E-state index is 14.0. The van der Waals surface area contributed by atoms with Crippen LogP contribution in [0.1, 0.15) is 21.7 Å². The molecule has 1 amide bonds. The molecule has 1 aromatic heterocycles. The molecule has 0 aliphatic rings. The molecule has 0 radical (unpaired) electrons. The van der Waals surface area contributed by atoms with Crippen molar-refractivity contribution in [2.45, 2.75) is 19.6 Å². The summed E-state index contributed by atoms with van der Waals surface area (Å²) in [7, 11) is 1.36. The van der Waals surface area contributed by atoms with Crippen molar-refractivity contribution in [2.24, 2.45) is 7.05 Å². The largest absolute Gasteiger partial charge is 0.478 e. The lowest BCUT2D eigenvalue weighted by Gasteiger charge is -2.14. The molecular weight excluding hydrogens is 423 g/mol. The van der Waals surface area contributed by atoms with E-state index in [1.165, 1.54) is 14.0 Å². The predicted molar refractivity (Wildman–Crippen MR) is 81.9 cm³/mol. The average molecular weight is 434 g/mol. The molecule has 0 saturated carbocycles. The average Bonchev–Trinajstić information content (AvgIpc) is 2.84. The van der Waals surface area contributed by atoms with Crippen molar-refractivity contribution >= 4 is 17.5 Å². The monoisotopic (exact) mass is 433 g/mol. The second-order valence-corrected chi connectivity index (χ2v) is 5.90. The molecule has 0 fully saturated rings. The van der Waals surface area contributed by atoms with Crippen LogP contribution in [-0.4, -0.2) is 28.5 Å². The standard InChI is InChI=1S/C15H11ClF7N3O2/c1-5-7(16)12(26(2)25-5)14(27)24-3-6-8(17)10(19)13(11(20)9(6)18)28-4-15(21,22)23/h3-4H2,1-2H3,(H,24,27). The summed E-state index contributed by atoms with van der Waals surface area (Å²) >= 11 is 5.88. The summed E-state index contributed by atoms with van der Waals surface area (Å²) in [6, 6.07) is 0. The molecule has 1 aromatic carbocycles. The first-order chi connectivity index (χ1) is 12.8. The van der Waals surface area contributed by atoms with Gasteiger partial charge in [0.15, 0.2) is 24.0 Å². The SMILES string of the molecule is Cc1nn(C)c(C(=O)NCc2c(F)c(F)c(OCC(F)(F)F)c(F)c2F)c1Cl. The fraction of sp³-hybridized carbons (Fsp3) is 0.333. The van der Waals surface area contributed by atoms with Crippen LogP contribution in [0, 0.1) is 30.2 Å². The summed E-state index contributed by atoms with van der Waals surface area (Å²) in [5.74, 6) is -11.2. The van der Waals surface area contributed by atoms with Gasteiger partial charge in [-0.1, -0.05) is 11.6 Å². The molecule has 0 atom stereocenters. The topological polar surface area (TPSA) is 56.2 Å². The fourth-order valence-electron chi connectivity index (χ4n) is 2.22. The second kappa shape index (κ2) is 7.86. The Morgan fingerprint density at radius 3 is 2.11 bits per heavy atom. The van der Waals surface area contributed by atoms with Crippen molar-refractivity contribution in [3.8, 4) is 5.75 Å². The Morgan fingerprint density at radius 2 is 1.68 bits per heavy atom. The molecule has 0 aliphatic carbocycles. The van der Waals surface area contributed by atoms with Gasteiger partial charge in [0.25, 0.3) is 5.91 Å². The van der Waals surface area contributed by atoms with Gasteiger partial charge >= 0.3 is 6.18 Å². The van der Waals surface area contributed by atoms with E-state index in [9.17, 15) is 35.5 Å². The number of rotatable bonds is 5. The van der Waals surface area contributed by atoms with Gasteiger partial charge in [-0.25, -0.2) is 8.78 Å². The first-order valence-electron chi connectivity index (χ1n) is 7.36. The summed E-state index contributed by atoms with van der Waals surface area (Å²) in [6.07, 6.45) is -4.99. The third kappa shape index (κ3) is 4.32. The van der Waals surface area contributed by atoms with E-state index in [1.807, 2.05) is 5.32 Å². The molecule has 0 unspecified atom stereocenters. The van der Waals surface area contributed by atoms with Crippen LogP contribution in [-0.2, 0) is 13.6 Å². The summed E-state index contributed by atoms with van der Waals surface area (Å²) in [5.41, 5.74) is -1.14. The van der Waals surface area contributed by atoms with Crippen LogP contribution in [0.5, 0.6) is 5.75 Å². The number of alkyl halides is 3. The molecule has 0 bridgehead atoms. The Balaban J connectivity index is 2.28. The van der Waals surface area contributed by atoms with E-state index < -0.39 is 59.8 Å². The van der Waals surface area contributed by atoms with Crippen molar-refractivity contribution in [1.29, 1.82) is 0 Å². The molecule has 154 valence electrons. The Hall–Kier alpha value is -2.50. The molecular formula is C15H11ClF7N3O2. The first-order valence-corrected chi connectivity index (χ1v) is 7.74. The number of amides is 1. The maximum absolute atomic E-state index is 14.0. The lowest BCUT2D eigenvalue weighted by molar-refractivity contribution is -0.154. The number of nitrogens with zero attached hydrogens (tertiary/aromatic N) is 2. The Bertz CT molecular complexity index is 899. The molecule has 2 rings (SSSR count). The van der Waals surface area contributed by atoms with E-state index in [0.29, 0.717) is 0 Å². The number of hydrogen-bond acceptors (Lipinski definition) is 3. The normalized spacial score (nSPS) is 11.6. The van der Waals surface area contributed by atoms with Gasteiger partial charge in [0, 0.05) is 19.2 Å². The highest BCUT2D eigenvalue weighted by Crippen LogP contribution is 2.31. The molecule has 1 N–H and O–H groups in total. The Morgan fingerprint density at radius 1 is 1.14 bits per heavy atom. The zero-order chi connectivity index (χ0) is 21.4. The molecule has 1 heterocycles. The third-order valence-corrected chi connectivity index (χ3v) is 3.94. The Kier molecular flexibility index (Phi) is 6.12. The third-order valence-electron chi connectivity index (χ3n) is 3.48. The number of carbonyl (C=O) groups is 1. The number of ether oxygens (including phenoxy) is 1. The van der Waals surface area contributed by atoms with Crippen LogP contribution in [0.2, 0.25) is 5.02 Å². The molecule has 0 aliphatic heterocycles. The van der Waals surface area contributed by atoms with Gasteiger partial charge < -0.3 is 10.1 Å². The summed E-state index contributed by atoms with van der Waals surface area (Å²) < 4.78 is 96.9. The highest BCUT2D eigenvalue weighted by Gasteiger charge is 2.33. The maximum Gasteiger partial charge on any atom is 0.422 e. The van der Waals surface area contributed by atoms with Crippen molar-refractivity contribution in [3.05, 3.63) is 45.2 Å². The van der Waals surface area contributed by atoms with Crippen LogP contribution >= 0.6 is 11.6 Å². The van der Waals surface area contributed by atoms with Crippen LogP contribution in [0.4, 0.5) is 30.7 Å². The number of hydrogen-bond donors (Lipinski definition) is 1. The van der Waals surface area contributed by atoms with E-state index in [1.54, 1.807) is 0 Å². The van der Waals surface area contributed by atoms with Crippen LogP contribution in [0.15, 0.2) is 0 Å². The zero-order valence-corrected chi connectivity index (χ0v) is 14.9. The number of halogens is 8. The van der Waals surface area contributed by atoms with Gasteiger partial charge in [-0.3, -0.25) is 9.48 Å². The minimum absolute atomic E-state index is 0.0470. The molecule has 0 spiro atoms. The lowest BCUT2D eigenvalue weighted by atomic mass is 10.1. The zero-order valence-electron chi connectivity index (χ0n) is 14.1. The van der Waals surface area contributed by atoms with E-state index in [2.05, 4.69) is 9.84 Å². The van der Waals surface area contributed by atoms with Crippen molar-refractivity contribution in [1.82, 2.24) is 15.1 Å². The van der Waals surface area contributed by atoms with Gasteiger partial charge in [-0.2, -0.15) is 27.1 Å².